The van der Waals surface area contributed by atoms with Crippen LogP contribution in [-0.2, 0) is 6.42 Å². The van der Waals surface area contributed by atoms with Gasteiger partial charge in [0.15, 0.2) is 0 Å². The molecule has 2 aromatic carbocycles. The predicted octanol–water partition coefficient (Wildman–Crippen LogP) is 2.83. The van der Waals surface area contributed by atoms with Crippen molar-refractivity contribution in [3.63, 3.8) is 0 Å². The summed E-state index contributed by atoms with van der Waals surface area (Å²) in [6, 6.07) is 18.4. The number of hydrogen-bond donors (Lipinski definition) is 2. The Kier molecular flexibility index (Phi) is 3.01. The average Bonchev–Trinajstić information content (AvgIpc) is 2.30. The van der Waals surface area contributed by atoms with E-state index in [0.717, 1.165) is 5.56 Å². The first-order valence-corrected chi connectivity index (χ1v) is 5.23. The lowest BCUT2D eigenvalue weighted by Gasteiger charge is -2.03. The van der Waals surface area contributed by atoms with Gasteiger partial charge in [0, 0.05) is 6.42 Å². The van der Waals surface area contributed by atoms with Gasteiger partial charge in [0.1, 0.15) is 0 Å². The molecule has 0 aliphatic heterocycles. The van der Waals surface area contributed by atoms with Crippen molar-refractivity contribution in [2.45, 2.75) is 6.42 Å². The average molecular weight is 210 g/mol. The highest BCUT2D eigenvalue weighted by Gasteiger charge is 1.98. The Hall–Kier alpha value is -2.09. The summed E-state index contributed by atoms with van der Waals surface area (Å²) in [4.78, 5) is 0. The van der Waals surface area contributed by atoms with Crippen LogP contribution in [0.1, 0.15) is 5.56 Å². The smallest absolute Gasteiger partial charge is 0.0950 e. The molecule has 0 aliphatic rings. The topological polar surface area (TPSA) is 49.9 Å². The number of benzene rings is 2. The Morgan fingerprint density at radius 1 is 0.875 bits per heavy atom. The lowest BCUT2D eigenvalue weighted by Crippen LogP contribution is -2.12. The molecule has 2 heteroatoms. The largest absolute Gasteiger partial charge is 0.387 e. The van der Waals surface area contributed by atoms with E-state index < -0.39 is 0 Å². The van der Waals surface area contributed by atoms with Gasteiger partial charge >= 0.3 is 0 Å². The van der Waals surface area contributed by atoms with Crippen LogP contribution in [0.2, 0.25) is 0 Å². The van der Waals surface area contributed by atoms with Crippen LogP contribution in [0.5, 0.6) is 0 Å². The van der Waals surface area contributed by atoms with Crippen LogP contribution >= 0.6 is 0 Å². The van der Waals surface area contributed by atoms with E-state index in [4.69, 9.17) is 11.1 Å². The van der Waals surface area contributed by atoms with Crippen LogP contribution in [0.25, 0.3) is 11.1 Å². The molecule has 0 atom stereocenters. The minimum absolute atomic E-state index is 0.201. The van der Waals surface area contributed by atoms with Crippen LogP contribution in [0, 0.1) is 5.41 Å². The van der Waals surface area contributed by atoms with Crippen molar-refractivity contribution in [2.75, 3.05) is 0 Å². The van der Waals surface area contributed by atoms with Crippen molar-refractivity contribution in [3.05, 3.63) is 60.2 Å². The molecule has 0 aliphatic carbocycles. The normalized spacial score (nSPS) is 10.0. The molecule has 2 aromatic rings. The molecule has 0 saturated carbocycles. The molecule has 2 nitrogen and oxygen atoms in total. The SMILES string of the molecule is N=C(N)Cc1ccc(-c2ccccc2)cc1. The molecule has 0 spiro atoms. The summed E-state index contributed by atoms with van der Waals surface area (Å²) in [5, 5.41) is 7.23. The lowest BCUT2D eigenvalue weighted by molar-refractivity contribution is 1.25. The van der Waals surface area contributed by atoms with Crippen molar-refractivity contribution >= 4 is 5.84 Å². The van der Waals surface area contributed by atoms with Gasteiger partial charge in [-0.15, -0.1) is 0 Å². The number of hydrogen-bond acceptors (Lipinski definition) is 1. The van der Waals surface area contributed by atoms with E-state index in [1.165, 1.54) is 11.1 Å². The zero-order chi connectivity index (χ0) is 11.4. The monoisotopic (exact) mass is 210 g/mol. The third kappa shape index (κ3) is 2.48. The zero-order valence-electron chi connectivity index (χ0n) is 8.98. The first kappa shape index (κ1) is 10.4. The Bertz CT molecular complexity index is 472. The third-order valence-electron chi connectivity index (χ3n) is 2.46. The van der Waals surface area contributed by atoms with Crippen molar-refractivity contribution in [1.82, 2.24) is 0 Å². The van der Waals surface area contributed by atoms with E-state index in [9.17, 15) is 0 Å². The van der Waals surface area contributed by atoms with Crippen LogP contribution in [0.15, 0.2) is 54.6 Å². The summed E-state index contributed by atoms with van der Waals surface area (Å²) in [7, 11) is 0. The number of rotatable bonds is 3. The second-order valence-electron chi connectivity index (χ2n) is 3.76. The summed E-state index contributed by atoms with van der Waals surface area (Å²) in [6.07, 6.45) is 0.523. The molecule has 80 valence electrons. The van der Waals surface area contributed by atoms with Gasteiger partial charge < -0.3 is 5.73 Å². The molecule has 0 bridgehead atoms. The summed E-state index contributed by atoms with van der Waals surface area (Å²) in [5.74, 6) is 0.201. The van der Waals surface area contributed by atoms with Crippen LogP contribution in [0.4, 0.5) is 0 Å². The molecule has 2 rings (SSSR count). The first-order chi connectivity index (χ1) is 7.75. The quantitative estimate of drug-likeness (QED) is 0.594. The van der Waals surface area contributed by atoms with E-state index in [2.05, 4.69) is 24.3 Å². The molecule has 0 saturated heterocycles. The van der Waals surface area contributed by atoms with Crippen molar-refractivity contribution in [3.8, 4) is 11.1 Å². The fraction of sp³-hybridized carbons (Fsp3) is 0.0714. The summed E-state index contributed by atoms with van der Waals surface area (Å²) in [6.45, 7) is 0. The van der Waals surface area contributed by atoms with Crippen LogP contribution in [0.3, 0.4) is 0 Å². The summed E-state index contributed by atoms with van der Waals surface area (Å²) >= 11 is 0. The van der Waals surface area contributed by atoms with E-state index in [-0.39, 0.29) is 5.84 Å². The number of nitrogens with two attached hydrogens (primary N) is 1. The van der Waals surface area contributed by atoms with Crippen molar-refractivity contribution < 1.29 is 0 Å². The van der Waals surface area contributed by atoms with Crippen LogP contribution in [-0.4, -0.2) is 5.84 Å². The van der Waals surface area contributed by atoms with Gasteiger partial charge in [0.25, 0.3) is 0 Å². The number of nitrogens with one attached hydrogen (secondary N) is 1. The molecule has 0 amide bonds. The first-order valence-electron chi connectivity index (χ1n) is 5.23. The van der Waals surface area contributed by atoms with E-state index in [1.807, 2.05) is 30.3 Å². The molecular weight excluding hydrogens is 196 g/mol. The highest BCUT2D eigenvalue weighted by molar-refractivity contribution is 5.79. The Balaban J connectivity index is 2.23. The van der Waals surface area contributed by atoms with Crippen molar-refractivity contribution in [1.29, 1.82) is 5.41 Å². The van der Waals surface area contributed by atoms with Gasteiger partial charge in [0.05, 0.1) is 5.84 Å². The molecule has 0 heterocycles. The van der Waals surface area contributed by atoms with Gasteiger partial charge in [0.2, 0.25) is 0 Å². The molecule has 0 radical (unpaired) electrons. The summed E-state index contributed by atoms with van der Waals surface area (Å²) in [5.41, 5.74) is 8.83. The maximum absolute atomic E-state index is 7.23. The number of amidine groups is 1. The standard InChI is InChI=1S/C14H14N2/c15-14(16)10-11-6-8-13(9-7-11)12-4-2-1-3-5-12/h1-9H,10H2,(H3,15,16). The molecule has 3 N–H and O–H groups in total. The summed E-state index contributed by atoms with van der Waals surface area (Å²) < 4.78 is 0. The van der Waals surface area contributed by atoms with E-state index >= 15 is 0 Å². The Labute approximate surface area is 95.2 Å². The van der Waals surface area contributed by atoms with Gasteiger partial charge in [-0.05, 0) is 16.7 Å². The van der Waals surface area contributed by atoms with Gasteiger partial charge in [-0.25, -0.2) is 0 Å². The van der Waals surface area contributed by atoms with Gasteiger partial charge in [-0.3, -0.25) is 5.41 Å². The Morgan fingerprint density at radius 3 is 2.00 bits per heavy atom. The van der Waals surface area contributed by atoms with E-state index in [0.29, 0.717) is 6.42 Å². The highest BCUT2D eigenvalue weighted by Crippen LogP contribution is 2.19. The second-order valence-corrected chi connectivity index (χ2v) is 3.76. The fourth-order valence-corrected chi connectivity index (χ4v) is 1.67. The third-order valence-corrected chi connectivity index (χ3v) is 2.46. The molecule has 16 heavy (non-hydrogen) atoms. The zero-order valence-corrected chi connectivity index (χ0v) is 8.98. The Morgan fingerprint density at radius 2 is 1.44 bits per heavy atom. The second kappa shape index (κ2) is 4.62. The molecule has 0 unspecified atom stereocenters. The maximum Gasteiger partial charge on any atom is 0.0950 e. The van der Waals surface area contributed by atoms with Gasteiger partial charge in [-0.1, -0.05) is 54.6 Å². The van der Waals surface area contributed by atoms with E-state index in [1.54, 1.807) is 0 Å². The fourth-order valence-electron chi connectivity index (χ4n) is 1.67. The molecular formula is C14H14N2. The highest BCUT2D eigenvalue weighted by atomic mass is 14.7. The molecule has 0 fully saturated rings. The predicted molar refractivity (Wildman–Crippen MR) is 67.5 cm³/mol. The van der Waals surface area contributed by atoms with Gasteiger partial charge in [-0.2, -0.15) is 0 Å². The van der Waals surface area contributed by atoms with Crippen LogP contribution < -0.4 is 5.73 Å². The maximum atomic E-state index is 7.23. The lowest BCUT2D eigenvalue weighted by atomic mass is 10.0. The minimum Gasteiger partial charge on any atom is -0.387 e. The van der Waals surface area contributed by atoms with Crippen molar-refractivity contribution in [2.24, 2.45) is 5.73 Å². The molecule has 0 aromatic heterocycles. The minimum atomic E-state index is 0.201.